The van der Waals surface area contributed by atoms with Gasteiger partial charge in [-0.15, -0.1) is 11.6 Å². The Balaban J connectivity index is 2.21. The highest BCUT2D eigenvalue weighted by molar-refractivity contribution is 6.30. The summed E-state index contributed by atoms with van der Waals surface area (Å²) in [4.78, 5) is 12.1. The van der Waals surface area contributed by atoms with Gasteiger partial charge in [0.1, 0.15) is 11.6 Å². The molecule has 1 aliphatic rings. The van der Waals surface area contributed by atoms with Crippen LogP contribution >= 0.6 is 23.2 Å². The van der Waals surface area contributed by atoms with Crippen molar-refractivity contribution in [3.8, 4) is 0 Å². The maximum atomic E-state index is 13.7. The lowest BCUT2D eigenvalue weighted by Gasteiger charge is -2.36. The molecule has 1 aliphatic carbocycles. The molecule has 0 saturated heterocycles. The molecule has 0 bridgehead atoms. The average molecular weight is 322 g/mol. The minimum absolute atomic E-state index is 0.260. The number of amides is 1. The van der Waals surface area contributed by atoms with Gasteiger partial charge in [0.25, 0.3) is 5.91 Å². The molecule has 1 fully saturated rings. The lowest BCUT2D eigenvalue weighted by molar-refractivity contribution is 0.0880. The van der Waals surface area contributed by atoms with Gasteiger partial charge in [-0.05, 0) is 25.0 Å². The third kappa shape index (κ3) is 3.23. The van der Waals surface area contributed by atoms with Crippen LogP contribution in [-0.2, 0) is 0 Å². The Labute approximate surface area is 126 Å². The smallest absolute Gasteiger partial charge is 0.254 e. The predicted molar refractivity (Wildman–Crippen MR) is 75.4 cm³/mol. The number of carbonyl (C=O) groups excluding carboxylic acids is 1. The van der Waals surface area contributed by atoms with Crippen LogP contribution in [0.2, 0.25) is 5.02 Å². The first kappa shape index (κ1) is 15.5. The van der Waals surface area contributed by atoms with E-state index in [1.807, 2.05) is 0 Å². The van der Waals surface area contributed by atoms with Crippen LogP contribution in [0.4, 0.5) is 8.78 Å². The Morgan fingerprint density at radius 2 is 1.85 bits per heavy atom. The molecular formula is C14H15Cl2F2NO. The molecule has 1 N–H and O–H groups in total. The number of benzene rings is 1. The van der Waals surface area contributed by atoms with E-state index in [9.17, 15) is 13.6 Å². The molecule has 0 heterocycles. The van der Waals surface area contributed by atoms with E-state index in [4.69, 9.17) is 23.2 Å². The van der Waals surface area contributed by atoms with E-state index < -0.39 is 23.1 Å². The van der Waals surface area contributed by atoms with Gasteiger partial charge in [0.2, 0.25) is 0 Å². The van der Waals surface area contributed by atoms with Gasteiger partial charge in [0, 0.05) is 5.88 Å². The summed E-state index contributed by atoms with van der Waals surface area (Å²) in [6.45, 7) is 0. The quantitative estimate of drug-likeness (QED) is 0.653. The Morgan fingerprint density at radius 3 is 2.45 bits per heavy atom. The predicted octanol–water partition coefficient (Wildman–Crippen LogP) is 4.29. The fourth-order valence-corrected chi connectivity index (χ4v) is 3.01. The first-order valence-electron chi connectivity index (χ1n) is 6.50. The van der Waals surface area contributed by atoms with Crippen LogP contribution in [0.3, 0.4) is 0 Å². The second-order valence-electron chi connectivity index (χ2n) is 5.17. The maximum Gasteiger partial charge on any atom is 0.254 e. The van der Waals surface area contributed by atoms with Crippen LogP contribution in [0.5, 0.6) is 0 Å². The minimum atomic E-state index is -0.838. The van der Waals surface area contributed by atoms with Crippen LogP contribution in [0.15, 0.2) is 12.1 Å². The zero-order valence-electron chi connectivity index (χ0n) is 10.8. The summed E-state index contributed by atoms with van der Waals surface area (Å²) in [5.41, 5.74) is -0.874. The summed E-state index contributed by atoms with van der Waals surface area (Å²) >= 11 is 11.4. The van der Waals surface area contributed by atoms with Crippen molar-refractivity contribution in [1.29, 1.82) is 0 Å². The van der Waals surface area contributed by atoms with Crippen molar-refractivity contribution in [3.05, 3.63) is 34.4 Å². The average Bonchev–Trinajstić information content (AvgIpc) is 2.43. The summed E-state index contributed by atoms with van der Waals surface area (Å²) in [6, 6.07) is 1.62. The van der Waals surface area contributed by atoms with Gasteiger partial charge in [-0.3, -0.25) is 4.79 Å². The summed E-state index contributed by atoms with van der Waals surface area (Å²) in [5, 5.41) is 2.42. The molecule has 20 heavy (non-hydrogen) atoms. The third-order valence-corrected chi connectivity index (χ3v) is 4.50. The summed E-state index contributed by atoms with van der Waals surface area (Å²) in [5.74, 6) is -2.05. The number of carbonyl (C=O) groups is 1. The van der Waals surface area contributed by atoms with Crippen LogP contribution in [0.25, 0.3) is 0 Å². The second-order valence-corrected chi connectivity index (χ2v) is 5.85. The van der Waals surface area contributed by atoms with Crippen molar-refractivity contribution >= 4 is 29.1 Å². The fraction of sp³-hybridized carbons (Fsp3) is 0.500. The molecule has 1 saturated carbocycles. The highest BCUT2D eigenvalue weighted by Gasteiger charge is 2.33. The topological polar surface area (TPSA) is 29.1 Å². The molecule has 110 valence electrons. The Hall–Kier alpha value is -0.870. The van der Waals surface area contributed by atoms with Crippen LogP contribution in [0.1, 0.15) is 42.5 Å². The highest BCUT2D eigenvalue weighted by Crippen LogP contribution is 2.30. The molecule has 2 rings (SSSR count). The Morgan fingerprint density at radius 1 is 1.20 bits per heavy atom. The van der Waals surface area contributed by atoms with Gasteiger partial charge >= 0.3 is 0 Å². The Bertz CT molecular complexity index is 516. The standard InChI is InChI=1S/C14H15Cl2F2NO/c15-8-14(4-2-1-3-5-14)19-13(20)9-6-12(18)10(16)7-11(9)17/h6-7H,1-5,8H2,(H,19,20). The van der Waals surface area contributed by atoms with Crippen molar-refractivity contribution in [2.75, 3.05) is 5.88 Å². The molecule has 0 spiro atoms. The van der Waals surface area contributed by atoms with Crippen molar-refractivity contribution in [3.63, 3.8) is 0 Å². The number of rotatable bonds is 3. The first-order valence-corrected chi connectivity index (χ1v) is 7.42. The van der Waals surface area contributed by atoms with Crippen LogP contribution < -0.4 is 5.32 Å². The van der Waals surface area contributed by atoms with Gasteiger partial charge in [-0.2, -0.15) is 0 Å². The SMILES string of the molecule is O=C(NC1(CCl)CCCCC1)c1cc(F)c(Cl)cc1F. The van der Waals surface area contributed by atoms with E-state index >= 15 is 0 Å². The van der Waals surface area contributed by atoms with E-state index in [0.29, 0.717) is 0 Å². The first-order chi connectivity index (χ1) is 9.47. The largest absolute Gasteiger partial charge is 0.345 e. The molecule has 1 aromatic carbocycles. The van der Waals surface area contributed by atoms with Crippen LogP contribution in [0, 0.1) is 11.6 Å². The van der Waals surface area contributed by atoms with Gasteiger partial charge < -0.3 is 5.32 Å². The molecule has 0 radical (unpaired) electrons. The fourth-order valence-electron chi connectivity index (χ4n) is 2.53. The van der Waals surface area contributed by atoms with Crippen molar-refractivity contribution < 1.29 is 13.6 Å². The van der Waals surface area contributed by atoms with E-state index in [-0.39, 0.29) is 16.5 Å². The maximum absolute atomic E-state index is 13.7. The molecule has 0 atom stereocenters. The van der Waals surface area contributed by atoms with E-state index in [2.05, 4.69) is 5.32 Å². The van der Waals surface area contributed by atoms with Gasteiger partial charge in [0.15, 0.2) is 0 Å². The zero-order valence-corrected chi connectivity index (χ0v) is 12.3. The highest BCUT2D eigenvalue weighted by atomic mass is 35.5. The summed E-state index contributed by atoms with van der Waals surface area (Å²) in [7, 11) is 0. The normalized spacial score (nSPS) is 17.8. The molecule has 1 amide bonds. The molecule has 6 heteroatoms. The lowest BCUT2D eigenvalue weighted by atomic mass is 9.83. The van der Waals surface area contributed by atoms with E-state index in [0.717, 1.165) is 44.2 Å². The van der Waals surface area contributed by atoms with Gasteiger partial charge in [0.05, 0.1) is 16.1 Å². The molecule has 1 aromatic rings. The second kappa shape index (κ2) is 6.27. The molecule has 2 nitrogen and oxygen atoms in total. The van der Waals surface area contributed by atoms with Crippen molar-refractivity contribution in [2.24, 2.45) is 0 Å². The summed E-state index contributed by atoms with van der Waals surface area (Å²) < 4.78 is 27.1. The zero-order chi connectivity index (χ0) is 14.8. The van der Waals surface area contributed by atoms with Crippen molar-refractivity contribution in [1.82, 2.24) is 5.32 Å². The molecule has 0 aromatic heterocycles. The number of nitrogens with one attached hydrogen (secondary N) is 1. The number of hydrogen-bond donors (Lipinski definition) is 1. The Kier molecular flexibility index (Phi) is 4.86. The third-order valence-electron chi connectivity index (χ3n) is 3.70. The van der Waals surface area contributed by atoms with Gasteiger partial charge in [-0.1, -0.05) is 30.9 Å². The van der Waals surface area contributed by atoms with Gasteiger partial charge in [-0.25, -0.2) is 8.78 Å². The number of alkyl halides is 1. The molecular weight excluding hydrogens is 307 g/mol. The molecule has 0 unspecified atom stereocenters. The lowest BCUT2D eigenvalue weighted by Crippen LogP contribution is -2.51. The van der Waals surface area contributed by atoms with Crippen molar-refractivity contribution in [2.45, 2.75) is 37.6 Å². The number of hydrogen-bond acceptors (Lipinski definition) is 1. The van der Waals surface area contributed by atoms with E-state index in [1.54, 1.807) is 0 Å². The molecule has 0 aliphatic heterocycles. The minimum Gasteiger partial charge on any atom is -0.345 e. The van der Waals surface area contributed by atoms with Crippen LogP contribution in [-0.4, -0.2) is 17.3 Å². The monoisotopic (exact) mass is 321 g/mol. The van der Waals surface area contributed by atoms with E-state index in [1.165, 1.54) is 0 Å². The number of halogens is 4. The summed E-state index contributed by atoms with van der Waals surface area (Å²) in [6.07, 6.45) is 4.52.